The smallest absolute Gasteiger partial charge is 0.319 e. The number of hydrogen-bond acceptors (Lipinski definition) is 3. The van der Waals surface area contributed by atoms with Crippen LogP contribution in [0.5, 0.6) is 5.75 Å². The highest BCUT2D eigenvalue weighted by Crippen LogP contribution is 2.16. The SMILES string of the molecule is CCc1ccccc1NC(=O)NCC(O)COc1ccc(Cl)cc1. The van der Waals surface area contributed by atoms with Gasteiger partial charge in [-0.05, 0) is 42.3 Å². The number of hydrogen-bond donors (Lipinski definition) is 3. The third-order valence-electron chi connectivity index (χ3n) is 3.40. The molecule has 24 heavy (non-hydrogen) atoms. The van der Waals surface area contributed by atoms with Crippen LogP contribution < -0.4 is 15.4 Å². The number of carbonyl (C=O) groups is 1. The standard InChI is InChI=1S/C18H21ClN2O3/c1-2-13-5-3-4-6-17(13)21-18(23)20-11-15(22)12-24-16-9-7-14(19)8-10-16/h3-10,15,22H,2,11-12H2,1H3,(H2,20,21,23). The Bertz CT molecular complexity index is 662. The monoisotopic (exact) mass is 348 g/mol. The Balaban J connectivity index is 1.73. The molecular weight excluding hydrogens is 328 g/mol. The molecule has 1 atom stereocenters. The van der Waals surface area contributed by atoms with E-state index in [2.05, 4.69) is 10.6 Å². The number of aliphatic hydroxyl groups excluding tert-OH is 1. The van der Waals surface area contributed by atoms with Crippen LogP contribution in [0, 0.1) is 0 Å². The van der Waals surface area contributed by atoms with Crippen molar-refractivity contribution >= 4 is 23.3 Å². The highest BCUT2D eigenvalue weighted by atomic mass is 35.5. The van der Waals surface area contributed by atoms with Crippen molar-refractivity contribution < 1.29 is 14.6 Å². The van der Waals surface area contributed by atoms with Crippen LogP contribution in [-0.4, -0.2) is 30.4 Å². The summed E-state index contributed by atoms with van der Waals surface area (Å²) in [6.07, 6.45) is 0.0152. The van der Waals surface area contributed by atoms with Crippen molar-refractivity contribution in [2.24, 2.45) is 0 Å². The second-order valence-electron chi connectivity index (χ2n) is 5.26. The van der Waals surface area contributed by atoms with E-state index in [0.717, 1.165) is 17.7 Å². The van der Waals surface area contributed by atoms with E-state index in [1.54, 1.807) is 24.3 Å². The molecule has 2 aromatic rings. The first-order chi connectivity index (χ1) is 11.6. The third kappa shape index (κ3) is 5.76. The van der Waals surface area contributed by atoms with E-state index in [0.29, 0.717) is 10.8 Å². The number of para-hydroxylation sites is 1. The molecule has 2 amide bonds. The summed E-state index contributed by atoms with van der Waals surface area (Å²) in [6, 6.07) is 14.1. The molecule has 6 heteroatoms. The average molecular weight is 349 g/mol. The first-order valence-corrected chi connectivity index (χ1v) is 8.15. The van der Waals surface area contributed by atoms with Crippen molar-refractivity contribution in [3.05, 3.63) is 59.1 Å². The van der Waals surface area contributed by atoms with Crippen LogP contribution in [0.1, 0.15) is 12.5 Å². The lowest BCUT2D eigenvalue weighted by Gasteiger charge is -2.15. The van der Waals surface area contributed by atoms with Gasteiger partial charge in [-0.15, -0.1) is 0 Å². The molecule has 0 aliphatic carbocycles. The molecule has 2 rings (SSSR count). The zero-order valence-corrected chi connectivity index (χ0v) is 14.2. The third-order valence-corrected chi connectivity index (χ3v) is 3.65. The predicted molar refractivity (Wildman–Crippen MR) is 95.8 cm³/mol. The maximum absolute atomic E-state index is 11.9. The van der Waals surface area contributed by atoms with Crippen molar-refractivity contribution in [2.75, 3.05) is 18.5 Å². The van der Waals surface area contributed by atoms with Gasteiger partial charge in [-0.1, -0.05) is 36.7 Å². The minimum atomic E-state index is -0.812. The summed E-state index contributed by atoms with van der Waals surface area (Å²) in [7, 11) is 0. The Labute approximate surface area is 146 Å². The second-order valence-corrected chi connectivity index (χ2v) is 5.70. The minimum Gasteiger partial charge on any atom is -0.491 e. The Morgan fingerprint density at radius 2 is 1.92 bits per heavy atom. The number of anilines is 1. The molecule has 0 saturated carbocycles. The average Bonchev–Trinajstić information content (AvgIpc) is 2.60. The number of amides is 2. The number of aryl methyl sites for hydroxylation is 1. The topological polar surface area (TPSA) is 70.6 Å². The molecule has 0 aliphatic rings. The van der Waals surface area contributed by atoms with Gasteiger partial charge in [0, 0.05) is 17.3 Å². The molecule has 0 bridgehead atoms. The van der Waals surface area contributed by atoms with Gasteiger partial charge in [0.2, 0.25) is 0 Å². The van der Waals surface area contributed by atoms with Crippen LogP contribution in [0.15, 0.2) is 48.5 Å². The van der Waals surface area contributed by atoms with Gasteiger partial charge in [-0.2, -0.15) is 0 Å². The highest BCUT2D eigenvalue weighted by molar-refractivity contribution is 6.30. The van der Waals surface area contributed by atoms with E-state index in [9.17, 15) is 9.90 Å². The molecule has 0 radical (unpaired) electrons. The van der Waals surface area contributed by atoms with Crippen LogP contribution in [0.4, 0.5) is 10.5 Å². The zero-order chi connectivity index (χ0) is 17.4. The normalized spacial score (nSPS) is 11.6. The van der Waals surface area contributed by atoms with E-state index in [1.807, 2.05) is 31.2 Å². The van der Waals surface area contributed by atoms with Crippen LogP contribution in [0.2, 0.25) is 5.02 Å². The molecular formula is C18H21ClN2O3. The van der Waals surface area contributed by atoms with Gasteiger partial charge in [0.15, 0.2) is 0 Å². The largest absolute Gasteiger partial charge is 0.491 e. The summed E-state index contributed by atoms with van der Waals surface area (Å²) >= 11 is 5.79. The Morgan fingerprint density at radius 1 is 1.21 bits per heavy atom. The quantitative estimate of drug-likeness (QED) is 0.717. The fourth-order valence-corrected chi connectivity index (χ4v) is 2.24. The molecule has 2 aromatic carbocycles. The molecule has 5 nitrogen and oxygen atoms in total. The van der Waals surface area contributed by atoms with Crippen LogP contribution in [0.25, 0.3) is 0 Å². The molecule has 1 unspecified atom stereocenters. The molecule has 0 fully saturated rings. The fourth-order valence-electron chi connectivity index (χ4n) is 2.11. The van der Waals surface area contributed by atoms with E-state index >= 15 is 0 Å². The molecule has 0 aromatic heterocycles. The summed E-state index contributed by atoms with van der Waals surface area (Å²) in [5.41, 5.74) is 1.82. The summed E-state index contributed by atoms with van der Waals surface area (Å²) in [5.74, 6) is 0.611. The molecule has 0 heterocycles. The number of carbonyl (C=O) groups excluding carboxylic acids is 1. The second kappa shape index (κ2) is 9.15. The zero-order valence-electron chi connectivity index (χ0n) is 13.5. The summed E-state index contributed by atoms with van der Waals surface area (Å²) in [5, 5.41) is 15.9. The molecule has 0 spiro atoms. The molecule has 0 saturated heterocycles. The Morgan fingerprint density at radius 3 is 2.62 bits per heavy atom. The number of nitrogens with one attached hydrogen (secondary N) is 2. The van der Waals surface area contributed by atoms with E-state index in [1.165, 1.54) is 0 Å². The molecule has 0 aliphatic heterocycles. The maximum Gasteiger partial charge on any atom is 0.319 e. The van der Waals surface area contributed by atoms with Gasteiger partial charge in [0.1, 0.15) is 18.5 Å². The lowest BCUT2D eigenvalue weighted by molar-refractivity contribution is 0.108. The van der Waals surface area contributed by atoms with E-state index < -0.39 is 6.10 Å². The summed E-state index contributed by atoms with van der Waals surface area (Å²) < 4.78 is 5.43. The number of rotatable bonds is 7. The van der Waals surface area contributed by atoms with Crippen LogP contribution in [-0.2, 0) is 6.42 Å². The first-order valence-electron chi connectivity index (χ1n) is 7.77. The first kappa shape index (κ1) is 18.1. The van der Waals surface area contributed by atoms with Gasteiger partial charge in [-0.3, -0.25) is 0 Å². The van der Waals surface area contributed by atoms with Crippen molar-refractivity contribution in [2.45, 2.75) is 19.4 Å². The van der Waals surface area contributed by atoms with Crippen molar-refractivity contribution in [3.63, 3.8) is 0 Å². The minimum absolute atomic E-state index is 0.0768. The number of aliphatic hydroxyl groups is 1. The Kier molecular flexibility index (Phi) is 6.90. The van der Waals surface area contributed by atoms with Crippen LogP contribution in [0.3, 0.4) is 0 Å². The van der Waals surface area contributed by atoms with E-state index in [-0.39, 0.29) is 19.2 Å². The number of urea groups is 1. The van der Waals surface area contributed by atoms with Crippen molar-refractivity contribution in [3.8, 4) is 5.75 Å². The maximum atomic E-state index is 11.9. The lowest BCUT2D eigenvalue weighted by Crippen LogP contribution is -2.37. The lowest BCUT2D eigenvalue weighted by atomic mass is 10.1. The van der Waals surface area contributed by atoms with Crippen LogP contribution >= 0.6 is 11.6 Å². The van der Waals surface area contributed by atoms with Gasteiger partial charge < -0.3 is 20.5 Å². The van der Waals surface area contributed by atoms with Gasteiger partial charge >= 0.3 is 6.03 Å². The van der Waals surface area contributed by atoms with E-state index in [4.69, 9.17) is 16.3 Å². The van der Waals surface area contributed by atoms with Crippen molar-refractivity contribution in [1.82, 2.24) is 5.32 Å². The Hall–Kier alpha value is -2.24. The van der Waals surface area contributed by atoms with Gasteiger partial charge in [0.25, 0.3) is 0 Å². The van der Waals surface area contributed by atoms with Gasteiger partial charge in [0.05, 0.1) is 0 Å². The highest BCUT2D eigenvalue weighted by Gasteiger charge is 2.09. The number of benzene rings is 2. The number of halogens is 1. The molecule has 3 N–H and O–H groups in total. The summed E-state index contributed by atoms with van der Waals surface area (Å²) in [4.78, 5) is 11.9. The number of ether oxygens (including phenoxy) is 1. The van der Waals surface area contributed by atoms with Gasteiger partial charge in [-0.25, -0.2) is 4.79 Å². The fraction of sp³-hybridized carbons (Fsp3) is 0.278. The predicted octanol–water partition coefficient (Wildman–Crippen LogP) is 3.46. The van der Waals surface area contributed by atoms with Crippen molar-refractivity contribution in [1.29, 1.82) is 0 Å². The summed E-state index contributed by atoms with van der Waals surface area (Å²) in [6.45, 7) is 2.19. The molecule has 128 valence electrons.